The van der Waals surface area contributed by atoms with Gasteiger partial charge in [0.1, 0.15) is 6.07 Å². The third-order valence-corrected chi connectivity index (χ3v) is 0.663. The van der Waals surface area contributed by atoms with Gasteiger partial charge in [-0.25, -0.2) is 0 Å². The summed E-state index contributed by atoms with van der Waals surface area (Å²) in [4.78, 5) is 9.92. The Morgan fingerprint density at radius 3 is 2.29 bits per heavy atom. The monoisotopic (exact) mass is 113 g/mol. The summed E-state index contributed by atoms with van der Waals surface area (Å²) in [5, 5.41) is 7.32. The Kier molecular flexibility index (Phi) is 2.17. The van der Waals surface area contributed by atoms with E-state index in [2.05, 4.69) is 19.2 Å². The van der Waals surface area contributed by atoms with E-state index in [1.807, 2.05) is 0 Å². The molecule has 0 rings (SSSR count). The molecule has 0 bridgehead atoms. The number of rotatable bonds is 1. The van der Waals surface area contributed by atoms with Crippen LogP contribution in [0.4, 0.5) is 0 Å². The Morgan fingerprint density at radius 1 is 1.86 bits per heavy atom. The largest absolute Gasteiger partial charge is 0.281 e. The van der Waals surface area contributed by atoms with Crippen LogP contribution in [0.25, 0.3) is 0 Å². The molecule has 0 fully saturated rings. The standard InChI is InChI=1S/C4H3NOS/c1-3(2-5)4(6)7/h1H2,(H,6,7). The van der Waals surface area contributed by atoms with Crippen LogP contribution < -0.4 is 0 Å². The van der Waals surface area contributed by atoms with E-state index in [4.69, 9.17) is 5.26 Å². The highest BCUT2D eigenvalue weighted by atomic mass is 32.1. The summed E-state index contributed by atoms with van der Waals surface area (Å²) in [5.41, 5.74) is -0.122. The number of carbonyl (C=O) groups is 1. The zero-order valence-electron chi connectivity index (χ0n) is 3.51. The van der Waals surface area contributed by atoms with Crippen molar-refractivity contribution in [3.05, 3.63) is 12.2 Å². The predicted molar refractivity (Wildman–Crippen MR) is 28.7 cm³/mol. The van der Waals surface area contributed by atoms with Crippen molar-refractivity contribution < 1.29 is 4.79 Å². The van der Waals surface area contributed by atoms with Crippen molar-refractivity contribution in [3.8, 4) is 6.07 Å². The summed E-state index contributed by atoms with van der Waals surface area (Å²) < 4.78 is 0. The molecule has 0 saturated heterocycles. The predicted octanol–water partition coefficient (Wildman–Crippen LogP) is 0.523. The Hall–Kier alpha value is -0.750. The number of thiol groups is 1. The highest BCUT2D eigenvalue weighted by Gasteiger charge is 1.94. The van der Waals surface area contributed by atoms with Crippen molar-refractivity contribution in [2.45, 2.75) is 0 Å². The maximum atomic E-state index is 9.92. The molecule has 0 aromatic heterocycles. The average molecular weight is 113 g/mol. The summed E-state index contributed by atoms with van der Waals surface area (Å²) in [5.74, 6) is 0. The zero-order valence-corrected chi connectivity index (χ0v) is 4.40. The Morgan fingerprint density at radius 2 is 2.29 bits per heavy atom. The van der Waals surface area contributed by atoms with E-state index >= 15 is 0 Å². The Bertz CT molecular complexity index is 144. The first-order chi connectivity index (χ1) is 3.18. The first-order valence-corrected chi connectivity index (χ1v) is 1.95. The molecule has 7 heavy (non-hydrogen) atoms. The maximum Gasteiger partial charge on any atom is 0.226 e. The van der Waals surface area contributed by atoms with E-state index in [1.165, 1.54) is 0 Å². The molecule has 2 nitrogen and oxygen atoms in total. The van der Waals surface area contributed by atoms with Gasteiger partial charge in [0.2, 0.25) is 5.12 Å². The molecule has 0 spiro atoms. The molecule has 0 aliphatic rings. The molecule has 0 aliphatic carbocycles. The van der Waals surface area contributed by atoms with E-state index in [-0.39, 0.29) is 5.57 Å². The Balaban J connectivity index is 3.90. The molecular formula is C4H3NOS. The van der Waals surface area contributed by atoms with Crippen LogP contribution in [-0.4, -0.2) is 5.12 Å². The van der Waals surface area contributed by atoms with E-state index in [0.29, 0.717) is 0 Å². The van der Waals surface area contributed by atoms with Gasteiger partial charge in [0.05, 0.1) is 5.57 Å². The van der Waals surface area contributed by atoms with Gasteiger partial charge in [-0.3, -0.25) is 4.79 Å². The lowest BCUT2D eigenvalue weighted by atomic mass is 10.4. The number of nitrogens with zero attached hydrogens (tertiary/aromatic N) is 1. The molecule has 0 heterocycles. The minimum Gasteiger partial charge on any atom is -0.281 e. The molecule has 0 N–H and O–H groups in total. The van der Waals surface area contributed by atoms with Gasteiger partial charge < -0.3 is 0 Å². The molecule has 0 aliphatic heterocycles. The average Bonchev–Trinajstić information content (AvgIpc) is 1.65. The minimum atomic E-state index is -0.567. The van der Waals surface area contributed by atoms with E-state index < -0.39 is 5.12 Å². The van der Waals surface area contributed by atoms with Crippen molar-refractivity contribution in [1.29, 1.82) is 5.26 Å². The fraction of sp³-hybridized carbons (Fsp3) is 0. The Labute approximate surface area is 46.9 Å². The lowest BCUT2D eigenvalue weighted by Gasteiger charge is -1.76. The normalized spacial score (nSPS) is 6.86. The number of carbonyl (C=O) groups excluding carboxylic acids is 1. The van der Waals surface area contributed by atoms with Crippen molar-refractivity contribution in [2.24, 2.45) is 0 Å². The van der Waals surface area contributed by atoms with Crippen LogP contribution in [0.2, 0.25) is 0 Å². The number of nitriles is 1. The first-order valence-electron chi connectivity index (χ1n) is 1.50. The second-order valence-corrected chi connectivity index (χ2v) is 1.30. The molecule has 0 atom stereocenters. The molecule has 0 aromatic carbocycles. The molecule has 0 radical (unpaired) electrons. The summed E-state index contributed by atoms with van der Waals surface area (Å²) >= 11 is 3.31. The van der Waals surface area contributed by atoms with Gasteiger partial charge in [-0.15, -0.1) is 0 Å². The van der Waals surface area contributed by atoms with Crippen molar-refractivity contribution >= 4 is 17.7 Å². The summed E-state index contributed by atoms with van der Waals surface area (Å²) in [7, 11) is 0. The highest BCUT2D eigenvalue weighted by Crippen LogP contribution is 1.90. The van der Waals surface area contributed by atoms with Crippen molar-refractivity contribution in [2.75, 3.05) is 0 Å². The molecule has 0 aromatic rings. The van der Waals surface area contributed by atoms with Crippen LogP contribution in [0, 0.1) is 11.3 Å². The second-order valence-electron chi connectivity index (χ2n) is 0.896. The van der Waals surface area contributed by atoms with Gasteiger partial charge in [0, 0.05) is 0 Å². The van der Waals surface area contributed by atoms with Crippen molar-refractivity contribution in [3.63, 3.8) is 0 Å². The summed E-state index contributed by atoms with van der Waals surface area (Å²) in [6.07, 6.45) is 0. The number of hydrogen-bond donors (Lipinski definition) is 1. The van der Waals surface area contributed by atoms with Crippen LogP contribution in [-0.2, 0) is 4.79 Å². The number of hydrogen-bond acceptors (Lipinski definition) is 2. The summed E-state index contributed by atoms with van der Waals surface area (Å²) in [6.45, 7) is 3.09. The minimum absolute atomic E-state index is 0.122. The molecule has 0 unspecified atom stereocenters. The topological polar surface area (TPSA) is 40.9 Å². The van der Waals surface area contributed by atoms with Crippen LogP contribution in [0.15, 0.2) is 12.2 Å². The fourth-order valence-electron chi connectivity index (χ4n) is 0.0478. The van der Waals surface area contributed by atoms with Crippen LogP contribution in [0.1, 0.15) is 0 Å². The van der Waals surface area contributed by atoms with Crippen LogP contribution in [0.5, 0.6) is 0 Å². The van der Waals surface area contributed by atoms with Crippen LogP contribution >= 0.6 is 12.6 Å². The third kappa shape index (κ3) is 2.01. The van der Waals surface area contributed by atoms with Gasteiger partial charge in [-0.2, -0.15) is 5.26 Å². The van der Waals surface area contributed by atoms with E-state index in [1.54, 1.807) is 6.07 Å². The smallest absolute Gasteiger partial charge is 0.226 e. The molecule has 0 amide bonds. The van der Waals surface area contributed by atoms with Crippen LogP contribution in [0.3, 0.4) is 0 Å². The van der Waals surface area contributed by atoms with E-state index in [0.717, 1.165) is 0 Å². The van der Waals surface area contributed by atoms with E-state index in [9.17, 15) is 4.79 Å². The maximum absolute atomic E-state index is 9.92. The quantitative estimate of drug-likeness (QED) is 0.306. The van der Waals surface area contributed by atoms with Crippen molar-refractivity contribution in [1.82, 2.24) is 0 Å². The molecule has 0 saturated carbocycles. The van der Waals surface area contributed by atoms with Gasteiger partial charge in [0.25, 0.3) is 0 Å². The molecule has 3 heteroatoms. The van der Waals surface area contributed by atoms with Gasteiger partial charge >= 0.3 is 0 Å². The van der Waals surface area contributed by atoms with Gasteiger partial charge in [-0.05, 0) is 0 Å². The first kappa shape index (κ1) is 6.25. The SMILES string of the molecule is C=C(C#N)C(=O)S. The lowest BCUT2D eigenvalue weighted by Crippen LogP contribution is -1.84. The van der Waals surface area contributed by atoms with Gasteiger partial charge in [-0.1, -0.05) is 19.2 Å². The molecular weight excluding hydrogens is 110 g/mol. The summed E-state index contributed by atoms with van der Waals surface area (Å²) in [6, 6.07) is 1.54. The van der Waals surface area contributed by atoms with Gasteiger partial charge in [0.15, 0.2) is 0 Å². The highest BCUT2D eigenvalue weighted by molar-refractivity contribution is 7.97. The fourth-order valence-corrected chi connectivity index (χ4v) is 0.0978. The molecule has 36 valence electrons. The lowest BCUT2D eigenvalue weighted by molar-refractivity contribution is -0.107. The zero-order chi connectivity index (χ0) is 5.86. The third-order valence-electron chi connectivity index (χ3n) is 0.393. The second kappa shape index (κ2) is 2.43.